The summed E-state index contributed by atoms with van der Waals surface area (Å²) in [4.78, 5) is 28.0. The van der Waals surface area contributed by atoms with Gasteiger partial charge in [0, 0.05) is 30.1 Å². The number of ether oxygens (including phenoxy) is 1. The number of piperidine rings is 1. The van der Waals surface area contributed by atoms with E-state index < -0.39 is 0 Å². The average Bonchev–Trinajstić information content (AvgIpc) is 3.18. The first-order chi connectivity index (χ1) is 11.6. The molecule has 6 heteroatoms. The van der Waals surface area contributed by atoms with E-state index in [1.807, 2.05) is 36.1 Å². The molecule has 3 heterocycles. The zero-order valence-electron chi connectivity index (χ0n) is 13.7. The van der Waals surface area contributed by atoms with Crippen molar-refractivity contribution in [2.24, 2.45) is 0 Å². The minimum absolute atomic E-state index is 0.0400. The summed E-state index contributed by atoms with van der Waals surface area (Å²) in [5, 5.41) is 0.952. The van der Waals surface area contributed by atoms with Gasteiger partial charge < -0.3 is 19.0 Å². The molecule has 126 valence electrons. The summed E-state index contributed by atoms with van der Waals surface area (Å²) in [6.07, 6.45) is 1.38. The highest BCUT2D eigenvalue weighted by molar-refractivity contribution is 5.97. The molecule has 0 N–H and O–H groups in total. The lowest BCUT2D eigenvalue weighted by Gasteiger charge is -2.35. The summed E-state index contributed by atoms with van der Waals surface area (Å²) in [5.74, 6) is 0.881. The Kier molecular flexibility index (Phi) is 3.67. The fraction of sp³-hybridized carbons (Fsp3) is 0.444. The fourth-order valence-electron chi connectivity index (χ4n) is 3.61. The van der Waals surface area contributed by atoms with E-state index in [0.29, 0.717) is 31.8 Å². The molecule has 2 amide bonds. The number of fused-ring (bicyclic) bond motifs is 1. The van der Waals surface area contributed by atoms with E-state index in [1.165, 1.54) is 0 Å². The van der Waals surface area contributed by atoms with Gasteiger partial charge in [-0.2, -0.15) is 0 Å². The summed E-state index contributed by atoms with van der Waals surface area (Å²) in [6, 6.07) is 7.68. The molecule has 0 unspecified atom stereocenters. The van der Waals surface area contributed by atoms with E-state index in [1.54, 1.807) is 4.90 Å². The largest absolute Gasteiger partial charge is 0.461 e. The lowest BCUT2D eigenvalue weighted by atomic mass is 10.0. The van der Waals surface area contributed by atoms with Crippen LogP contribution in [0.1, 0.15) is 29.0 Å². The number of rotatable bonds is 2. The molecule has 2 aliphatic heterocycles. The molecule has 0 radical (unpaired) electrons. The van der Waals surface area contributed by atoms with Gasteiger partial charge in [0.05, 0.1) is 6.54 Å². The Morgan fingerprint density at radius 1 is 1.17 bits per heavy atom. The second-order valence-electron chi connectivity index (χ2n) is 6.44. The first kappa shape index (κ1) is 15.1. The number of aryl methyl sites for hydroxylation is 1. The van der Waals surface area contributed by atoms with Crippen LogP contribution in [0.3, 0.4) is 0 Å². The highest BCUT2D eigenvalue weighted by Gasteiger charge is 2.33. The lowest BCUT2D eigenvalue weighted by molar-refractivity contribution is 0.0658. The molecule has 1 aromatic heterocycles. The molecule has 0 aliphatic carbocycles. The number of benzene rings is 1. The third kappa shape index (κ3) is 2.62. The van der Waals surface area contributed by atoms with E-state index >= 15 is 0 Å². The normalized spacial score (nSPS) is 19.1. The van der Waals surface area contributed by atoms with Gasteiger partial charge in [0.15, 0.2) is 0 Å². The number of nitrogens with zero attached hydrogens (tertiary/aromatic N) is 2. The van der Waals surface area contributed by atoms with Crippen molar-refractivity contribution in [1.82, 2.24) is 9.80 Å². The van der Waals surface area contributed by atoms with Crippen molar-refractivity contribution in [3.63, 3.8) is 0 Å². The zero-order valence-corrected chi connectivity index (χ0v) is 13.7. The van der Waals surface area contributed by atoms with Crippen molar-refractivity contribution in [1.29, 1.82) is 0 Å². The standard InChI is InChI=1S/C18H20N2O4/c1-12-10-14-11-13(2-3-16(14)24-12)17(21)19-6-4-15(5-7-19)20-8-9-23-18(20)22/h2-3,10-11,15H,4-9H2,1H3. The van der Waals surface area contributed by atoms with Crippen LogP contribution < -0.4 is 0 Å². The number of cyclic esters (lactones) is 1. The van der Waals surface area contributed by atoms with Gasteiger partial charge in [-0.1, -0.05) is 0 Å². The minimum atomic E-state index is -0.222. The van der Waals surface area contributed by atoms with Crippen LogP contribution in [0.25, 0.3) is 11.0 Å². The monoisotopic (exact) mass is 328 g/mol. The van der Waals surface area contributed by atoms with Crippen LogP contribution in [-0.4, -0.2) is 54.1 Å². The number of hydrogen-bond donors (Lipinski definition) is 0. The highest BCUT2D eigenvalue weighted by Crippen LogP contribution is 2.24. The SMILES string of the molecule is Cc1cc2cc(C(=O)N3CCC(N4CCOC4=O)CC3)ccc2o1. The van der Waals surface area contributed by atoms with Gasteiger partial charge in [0.1, 0.15) is 18.0 Å². The van der Waals surface area contributed by atoms with Crippen LogP contribution >= 0.6 is 0 Å². The summed E-state index contributed by atoms with van der Waals surface area (Å²) >= 11 is 0. The maximum absolute atomic E-state index is 12.7. The molecule has 6 nitrogen and oxygen atoms in total. The number of furan rings is 1. The maximum atomic E-state index is 12.7. The van der Waals surface area contributed by atoms with Crippen molar-refractivity contribution >= 4 is 23.0 Å². The topological polar surface area (TPSA) is 63.0 Å². The third-order valence-electron chi connectivity index (χ3n) is 4.87. The molecule has 2 aromatic rings. The van der Waals surface area contributed by atoms with Gasteiger partial charge in [-0.05, 0) is 44.0 Å². The van der Waals surface area contributed by atoms with E-state index in [-0.39, 0.29) is 18.0 Å². The summed E-state index contributed by atoms with van der Waals surface area (Å²) < 4.78 is 10.6. The Morgan fingerprint density at radius 3 is 2.67 bits per heavy atom. The van der Waals surface area contributed by atoms with Crippen LogP contribution in [0.15, 0.2) is 28.7 Å². The quantitative estimate of drug-likeness (QED) is 0.850. The van der Waals surface area contributed by atoms with Crippen molar-refractivity contribution in [2.45, 2.75) is 25.8 Å². The van der Waals surface area contributed by atoms with Crippen molar-refractivity contribution in [3.05, 3.63) is 35.6 Å². The molecular formula is C18H20N2O4. The predicted molar refractivity (Wildman–Crippen MR) is 87.9 cm³/mol. The van der Waals surface area contributed by atoms with Crippen molar-refractivity contribution < 1.29 is 18.7 Å². The van der Waals surface area contributed by atoms with E-state index in [4.69, 9.17) is 9.15 Å². The molecule has 0 atom stereocenters. The van der Waals surface area contributed by atoms with Crippen LogP contribution in [-0.2, 0) is 4.74 Å². The Morgan fingerprint density at radius 2 is 1.96 bits per heavy atom. The number of likely N-dealkylation sites (tertiary alicyclic amines) is 1. The van der Waals surface area contributed by atoms with Gasteiger partial charge in [-0.15, -0.1) is 0 Å². The van der Waals surface area contributed by atoms with Crippen LogP contribution in [0.5, 0.6) is 0 Å². The van der Waals surface area contributed by atoms with E-state index in [9.17, 15) is 9.59 Å². The molecule has 0 spiro atoms. The van der Waals surface area contributed by atoms with Gasteiger partial charge in [0.2, 0.25) is 0 Å². The van der Waals surface area contributed by atoms with E-state index in [0.717, 1.165) is 29.6 Å². The molecule has 4 rings (SSSR count). The lowest BCUT2D eigenvalue weighted by Crippen LogP contribution is -2.47. The van der Waals surface area contributed by atoms with Gasteiger partial charge in [-0.3, -0.25) is 4.79 Å². The Bertz CT molecular complexity index is 789. The number of carbonyl (C=O) groups excluding carboxylic acids is 2. The summed E-state index contributed by atoms with van der Waals surface area (Å²) in [7, 11) is 0. The van der Waals surface area contributed by atoms with Crippen molar-refractivity contribution in [2.75, 3.05) is 26.2 Å². The van der Waals surface area contributed by atoms with Gasteiger partial charge in [-0.25, -0.2) is 4.79 Å². The van der Waals surface area contributed by atoms with Gasteiger partial charge >= 0.3 is 6.09 Å². The molecule has 0 bridgehead atoms. The average molecular weight is 328 g/mol. The summed E-state index contributed by atoms with van der Waals surface area (Å²) in [6.45, 7) is 4.36. The molecule has 0 saturated carbocycles. The molecule has 2 fully saturated rings. The number of carbonyl (C=O) groups is 2. The Balaban J connectivity index is 1.44. The first-order valence-corrected chi connectivity index (χ1v) is 8.35. The molecular weight excluding hydrogens is 308 g/mol. The van der Waals surface area contributed by atoms with Crippen LogP contribution in [0.2, 0.25) is 0 Å². The second kappa shape index (κ2) is 5.85. The first-order valence-electron chi connectivity index (χ1n) is 8.35. The molecule has 2 aliphatic rings. The van der Waals surface area contributed by atoms with Crippen LogP contribution in [0, 0.1) is 6.92 Å². The molecule has 1 aromatic carbocycles. The van der Waals surface area contributed by atoms with Gasteiger partial charge in [0.25, 0.3) is 5.91 Å². The minimum Gasteiger partial charge on any atom is -0.461 e. The van der Waals surface area contributed by atoms with Crippen molar-refractivity contribution in [3.8, 4) is 0 Å². The summed E-state index contributed by atoms with van der Waals surface area (Å²) in [5.41, 5.74) is 1.48. The zero-order chi connectivity index (χ0) is 16.7. The van der Waals surface area contributed by atoms with Crippen LogP contribution in [0.4, 0.5) is 4.79 Å². The third-order valence-corrected chi connectivity index (χ3v) is 4.87. The fourth-order valence-corrected chi connectivity index (χ4v) is 3.61. The number of amides is 2. The Labute approximate surface area is 140 Å². The maximum Gasteiger partial charge on any atom is 0.410 e. The molecule has 2 saturated heterocycles. The van der Waals surface area contributed by atoms with E-state index in [2.05, 4.69) is 0 Å². The highest BCUT2D eigenvalue weighted by atomic mass is 16.6. The second-order valence-corrected chi connectivity index (χ2v) is 6.44. The number of hydrogen-bond acceptors (Lipinski definition) is 4. The molecule has 24 heavy (non-hydrogen) atoms. The smallest absolute Gasteiger partial charge is 0.410 e. The predicted octanol–water partition coefficient (Wildman–Crippen LogP) is 2.80. The Hall–Kier alpha value is -2.50.